The summed E-state index contributed by atoms with van der Waals surface area (Å²) in [6.45, 7) is 11.1. The van der Waals surface area contributed by atoms with Crippen molar-refractivity contribution in [3.05, 3.63) is 37.0 Å². The fraction of sp³-hybridized carbons (Fsp3) is 0.300. The smallest absolute Gasteiger partial charge is 0.404 e. The van der Waals surface area contributed by atoms with E-state index >= 15 is 0 Å². The van der Waals surface area contributed by atoms with Gasteiger partial charge in [0, 0.05) is 1.43 Å². The van der Waals surface area contributed by atoms with Crippen LogP contribution in [0.4, 0.5) is 4.79 Å². The van der Waals surface area contributed by atoms with Gasteiger partial charge in [0.05, 0.1) is 0 Å². The van der Waals surface area contributed by atoms with Crippen molar-refractivity contribution in [2.75, 3.05) is 6.61 Å². The number of carbonyl (C=O) groups is 1. The Morgan fingerprint density at radius 3 is 2.38 bits per heavy atom. The van der Waals surface area contributed by atoms with Gasteiger partial charge in [0.2, 0.25) is 0 Å². The third-order valence-corrected chi connectivity index (χ3v) is 0.975. The minimum Gasteiger partial charge on any atom is -0.445 e. The van der Waals surface area contributed by atoms with E-state index in [1.165, 1.54) is 0 Å². The van der Waals surface area contributed by atoms with Crippen LogP contribution in [0.25, 0.3) is 0 Å². The Bertz CT molecular complexity index is 200. The third kappa shape index (κ3) is 10.5. The molecule has 0 rings (SSSR count). The number of hydrogen-bond donors (Lipinski definition) is 1. The second-order valence-electron chi connectivity index (χ2n) is 1.79. The minimum absolute atomic E-state index is 0. The number of nitrogens with two attached hydrogens (primary N) is 1. The van der Waals surface area contributed by atoms with Gasteiger partial charge in [-0.15, -0.1) is 0 Å². The molecule has 0 aromatic heterocycles. The lowest BCUT2D eigenvalue weighted by molar-refractivity contribution is 0.167. The molecular weight excluding hydrogens is 166 g/mol. The highest BCUT2D eigenvalue weighted by Gasteiger charge is 1.94. The second-order valence-corrected chi connectivity index (χ2v) is 1.79. The molecule has 0 unspecified atom stereocenters. The molecule has 0 aliphatic heterocycles. The fourth-order valence-electron chi connectivity index (χ4n) is 0.481. The number of rotatable bonds is 4. The molecule has 0 saturated carbocycles. The van der Waals surface area contributed by atoms with Crippen LogP contribution in [0.1, 0.15) is 15.3 Å². The summed E-state index contributed by atoms with van der Waals surface area (Å²) in [5.41, 5.74) is 5.51. The second kappa shape index (κ2) is 10.5. The van der Waals surface area contributed by atoms with E-state index in [4.69, 9.17) is 5.73 Å². The van der Waals surface area contributed by atoms with Crippen LogP contribution in [0, 0.1) is 0 Å². The van der Waals surface area contributed by atoms with Gasteiger partial charge in [0.25, 0.3) is 0 Å². The maximum absolute atomic E-state index is 10.1. The van der Waals surface area contributed by atoms with E-state index < -0.39 is 6.09 Å². The van der Waals surface area contributed by atoms with Crippen LogP contribution in [0.15, 0.2) is 37.0 Å². The minimum atomic E-state index is -0.790. The van der Waals surface area contributed by atoms with Crippen LogP contribution in [-0.4, -0.2) is 12.7 Å². The first kappa shape index (κ1) is 14.0. The van der Waals surface area contributed by atoms with Crippen molar-refractivity contribution in [2.45, 2.75) is 13.8 Å². The van der Waals surface area contributed by atoms with E-state index in [9.17, 15) is 4.79 Å². The summed E-state index contributed by atoms with van der Waals surface area (Å²) < 4.78 is 4.50. The van der Waals surface area contributed by atoms with Crippen LogP contribution < -0.4 is 5.73 Å². The maximum Gasteiger partial charge on any atom is 0.404 e. The lowest BCUT2D eigenvalue weighted by atomic mass is 10.2. The van der Waals surface area contributed by atoms with Gasteiger partial charge in [-0.3, -0.25) is 0 Å². The Hall–Kier alpha value is -1.51. The van der Waals surface area contributed by atoms with Crippen molar-refractivity contribution >= 4 is 6.09 Å². The lowest BCUT2D eigenvalue weighted by Crippen LogP contribution is -2.14. The van der Waals surface area contributed by atoms with Crippen LogP contribution in [0.5, 0.6) is 0 Å². The molecule has 0 spiro atoms. The van der Waals surface area contributed by atoms with Crippen molar-refractivity contribution in [3.8, 4) is 0 Å². The quantitative estimate of drug-likeness (QED) is 0.684. The Morgan fingerprint density at radius 2 is 2.08 bits per heavy atom. The molecule has 1 amide bonds. The Morgan fingerprint density at radius 1 is 1.54 bits per heavy atom. The highest BCUT2D eigenvalue weighted by atomic mass is 16.5. The molecule has 0 aromatic carbocycles. The molecule has 0 fully saturated rings. The molecule has 0 heterocycles. The van der Waals surface area contributed by atoms with E-state index in [1.807, 2.05) is 13.8 Å². The fourth-order valence-corrected chi connectivity index (χ4v) is 0.481. The average molecular weight is 185 g/mol. The molecule has 0 aliphatic rings. The number of allylic oxidation sites excluding steroid dienone is 2. The first-order chi connectivity index (χ1) is 6.20. The van der Waals surface area contributed by atoms with E-state index in [-0.39, 0.29) is 8.03 Å². The predicted molar refractivity (Wildman–Crippen MR) is 57.5 cm³/mol. The molecule has 0 aromatic rings. The van der Waals surface area contributed by atoms with Crippen molar-refractivity contribution in [3.63, 3.8) is 0 Å². The van der Waals surface area contributed by atoms with E-state index in [2.05, 4.69) is 17.9 Å². The third-order valence-electron chi connectivity index (χ3n) is 0.975. The van der Waals surface area contributed by atoms with Gasteiger partial charge in [-0.1, -0.05) is 45.2 Å². The zero-order chi connectivity index (χ0) is 10.7. The van der Waals surface area contributed by atoms with Crippen LogP contribution in [0.3, 0.4) is 0 Å². The van der Waals surface area contributed by atoms with Gasteiger partial charge in [-0.05, 0) is 5.57 Å². The molecule has 0 bridgehead atoms. The largest absolute Gasteiger partial charge is 0.445 e. The highest BCUT2D eigenvalue weighted by molar-refractivity contribution is 5.64. The summed E-state index contributed by atoms with van der Waals surface area (Å²) in [6.07, 6.45) is 4.06. The first-order valence-corrected chi connectivity index (χ1v) is 4.07. The van der Waals surface area contributed by atoms with E-state index in [1.54, 1.807) is 18.2 Å². The Balaban J connectivity index is -0.000000376. The molecule has 13 heavy (non-hydrogen) atoms. The Labute approximate surface area is 81.1 Å². The van der Waals surface area contributed by atoms with Gasteiger partial charge < -0.3 is 10.5 Å². The predicted octanol–water partition coefficient (Wildman–Crippen LogP) is 2.65. The zero-order valence-electron chi connectivity index (χ0n) is 8.25. The topological polar surface area (TPSA) is 52.3 Å². The summed E-state index contributed by atoms with van der Waals surface area (Å²) in [5.74, 6) is 0. The van der Waals surface area contributed by atoms with Crippen molar-refractivity contribution in [2.24, 2.45) is 5.73 Å². The van der Waals surface area contributed by atoms with E-state index in [0.717, 1.165) is 5.57 Å². The van der Waals surface area contributed by atoms with Gasteiger partial charge in [0.15, 0.2) is 0 Å². The Kier molecular flexibility index (Phi) is 11.3. The average Bonchev–Trinajstić information content (AvgIpc) is 2.15. The highest BCUT2D eigenvalue weighted by Crippen LogP contribution is 1.96. The standard InChI is InChI=1S/C8H11NO2.C2H6.H2/c1-3-5-7(4-2)6-11-8(9)10;1-2;/h3-5H,1-2,6H2,(H2,9,10);1-2H3;1H/b7-5+;;. The first-order valence-electron chi connectivity index (χ1n) is 4.07. The molecule has 3 heteroatoms. The molecule has 3 nitrogen and oxygen atoms in total. The van der Waals surface area contributed by atoms with Crippen LogP contribution in [0.2, 0.25) is 0 Å². The van der Waals surface area contributed by atoms with Crippen LogP contribution >= 0.6 is 0 Å². The molecule has 76 valence electrons. The number of carbonyl (C=O) groups excluding carboxylic acids is 1. The molecule has 0 atom stereocenters. The number of ether oxygens (including phenoxy) is 1. The van der Waals surface area contributed by atoms with Gasteiger partial charge in [-0.25, -0.2) is 4.79 Å². The van der Waals surface area contributed by atoms with Crippen LogP contribution in [-0.2, 0) is 4.74 Å². The number of amides is 1. The number of hydrogen-bond acceptors (Lipinski definition) is 2. The summed E-state index contributed by atoms with van der Waals surface area (Å²) in [7, 11) is 0. The molecular formula is C10H19NO2. The van der Waals surface area contributed by atoms with Crippen molar-refractivity contribution in [1.29, 1.82) is 0 Å². The molecule has 0 saturated heterocycles. The summed E-state index contributed by atoms with van der Waals surface area (Å²) >= 11 is 0. The van der Waals surface area contributed by atoms with E-state index in [0.29, 0.717) is 0 Å². The zero-order valence-corrected chi connectivity index (χ0v) is 8.25. The van der Waals surface area contributed by atoms with Gasteiger partial charge in [-0.2, -0.15) is 0 Å². The molecule has 0 aliphatic carbocycles. The number of primary amides is 1. The summed E-state index contributed by atoms with van der Waals surface area (Å²) in [5, 5.41) is 0. The lowest BCUT2D eigenvalue weighted by Gasteiger charge is -1.99. The summed E-state index contributed by atoms with van der Waals surface area (Å²) in [6, 6.07) is 0. The van der Waals surface area contributed by atoms with Gasteiger partial charge in [0.1, 0.15) is 6.61 Å². The SMILES string of the molecule is C=C/C=C(\C=C)COC(N)=O.CC.[HH]. The van der Waals surface area contributed by atoms with Gasteiger partial charge >= 0.3 is 6.09 Å². The molecule has 0 radical (unpaired) electrons. The van der Waals surface area contributed by atoms with Crippen molar-refractivity contribution < 1.29 is 11.0 Å². The molecule has 2 N–H and O–H groups in total. The maximum atomic E-state index is 10.1. The van der Waals surface area contributed by atoms with Crippen molar-refractivity contribution in [1.82, 2.24) is 0 Å². The summed E-state index contributed by atoms with van der Waals surface area (Å²) in [4.78, 5) is 10.1. The normalized spacial score (nSPS) is 9.23. The monoisotopic (exact) mass is 185 g/mol.